The van der Waals surface area contributed by atoms with E-state index in [1.807, 2.05) is 29.8 Å². The molecule has 0 saturated carbocycles. The number of nitrogens with one attached hydrogen (secondary N) is 1. The number of hydrogen-bond acceptors (Lipinski definition) is 4. The number of imidazole rings is 1. The molecule has 3 heterocycles. The van der Waals surface area contributed by atoms with Crippen molar-refractivity contribution in [3.8, 4) is 0 Å². The van der Waals surface area contributed by atoms with E-state index in [1.165, 1.54) is 6.42 Å². The van der Waals surface area contributed by atoms with Gasteiger partial charge >= 0.3 is 0 Å². The fourth-order valence-corrected chi connectivity index (χ4v) is 3.28. The van der Waals surface area contributed by atoms with Crippen LogP contribution in [0.15, 0.2) is 24.5 Å². The molecule has 3 rings (SSSR count). The molecule has 1 fully saturated rings. The zero-order valence-electron chi connectivity index (χ0n) is 13.5. The average Bonchev–Trinajstić information content (AvgIpc) is 2.95. The Hall–Kier alpha value is -1.92. The van der Waals surface area contributed by atoms with Crippen LogP contribution in [0.5, 0.6) is 0 Å². The number of aliphatic hydroxyl groups is 1. The largest absolute Gasteiger partial charge is 0.395 e. The quantitative estimate of drug-likeness (QED) is 0.870. The molecule has 0 bridgehead atoms. The van der Waals surface area contributed by atoms with Crippen molar-refractivity contribution < 1.29 is 9.90 Å². The highest BCUT2D eigenvalue weighted by molar-refractivity contribution is 5.99. The van der Waals surface area contributed by atoms with Crippen LogP contribution in [-0.2, 0) is 0 Å². The Morgan fingerprint density at radius 2 is 2.35 bits per heavy atom. The van der Waals surface area contributed by atoms with Crippen molar-refractivity contribution in [1.29, 1.82) is 0 Å². The van der Waals surface area contributed by atoms with Gasteiger partial charge in [-0.2, -0.15) is 0 Å². The summed E-state index contributed by atoms with van der Waals surface area (Å²) in [6, 6.07) is 3.89. The van der Waals surface area contributed by atoms with Gasteiger partial charge in [-0.05, 0) is 38.4 Å². The predicted molar refractivity (Wildman–Crippen MR) is 88.6 cm³/mol. The zero-order chi connectivity index (χ0) is 16.2. The lowest BCUT2D eigenvalue weighted by Gasteiger charge is -2.34. The summed E-state index contributed by atoms with van der Waals surface area (Å²) in [6.07, 6.45) is 7.18. The van der Waals surface area contributed by atoms with Crippen LogP contribution in [0.1, 0.15) is 35.3 Å². The van der Waals surface area contributed by atoms with Crippen molar-refractivity contribution in [2.45, 2.75) is 32.2 Å². The molecular weight excluding hydrogens is 292 g/mol. The molecule has 0 aliphatic carbocycles. The van der Waals surface area contributed by atoms with E-state index in [2.05, 4.69) is 15.2 Å². The number of pyridine rings is 1. The number of amides is 1. The van der Waals surface area contributed by atoms with Crippen LogP contribution < -0.4 is 5.32 Å². The van der Waals surface area contributed by atoms with Gasteiger partial charge in [0, 0.05) is 31.5 Å². The van der Waals surface area contributed by atoms with Gasteiger partial charge in [0.2, 0.25) is 0 Å². The molecule has 2 N–H and O–H groups in total. The highest BCUT2D eigenvalue weighted by Crippen LogP contribution is 2.16. The van der Waals surface area contributed by atoms with Gasteiger partial charge in [0.05, 0.1) is 17.9 Å². The summed E-state index contributed by atoms with van der Waals surface area (Å²) in [4.78, 5) is 19.1. The van der Waals surface area contributed by atoms with E-state index in [9.17, 15) is 9.90 Å². The van der Waals surface area contributed by atoms with Gasteiger partial charge in [-0.15, -0.1) is 0 Å². The molecule has 0 spiro atoms. The molecule has 124 valence electrons. The molecular formula is C17H24N4O2. The van der Waals surface area contributed by atoms with Gasteiger partial charge < -0.3 is 14.8 Å². The third kappa shape index (κ3) is 3.54. The summed E-state index contributed by atoms with van der Waals surface area (Å²) in [7, 11) is 0. The number of likely N-dealkylation sites (tertiary alicyclic amines) is 1. The van der Waals surface area contributed by atoms with Crippen molar-refractivity contribution in [2.75, 3.05) is 26.2 Å². The minimum atomic E-state index is -0.0984. The molecule has 0 unspecified atom stereocenters. The molecule has 0 aromatic carbocycles. The van der Waals surface area contributed by atoms with E-state index in [0.29, 0.717) is 17.8 Å². The molecule has 1 atom stereocenters. The number of aromatic nitrogens is 2. The first-order valence-electron chi connectivity index (χ1n) is 8.26. The van der Waals surface area contributed by atoms with Gasteiger partial charge in [-0.3, -0.25) is 9.69 Å². The molecule has 1 saturated heterocycles. The molecule has 23 heavy (non-hydrogen) atoms. The van der Waals surface area contributed by atoms with Crippen molar-refractivity contribution in [3.05, 3.63) is 35.8 Å². The van der Waals surface area contributed by atoms with E-state index >= 15 is 0 Å². The highest BCUT2D eigenvalue weighted by Gasteiger charge is 2.21. The second-order valence-corrected chi connectivity index (χ2v) is 6.16. The molecule has 1 amide bonds. The topological polar surface area (TPSA) is 69.9 Å². The molecule has 0 radical (unpaired) electrons. The van der Waals surface area contributed by atoms with Crippen LogP contribution in [-0.4, -0.2) is 57.6 Å². The van der Waals surface area contributed by atoms with E-state index in [-0.39, 0.29) is 18.6 Å². The Morgan fingerprint density at radius 3 is 3.17 bits per heavy atom. The Morgan fingerprint density at radius 1 is 1.48 bits per heavy atom. The Labute approximate surface area is 136 Å². The maximum Gasteiger partial charge on any atom is 0.255 e. The maximum absolute atomic E-state index is 12.4. The van der Waals surface area contributed by atoms with Crippen molar-refractivity contribution in [2.24, 2.45) is 0 Å². The SMILES string of the molecule is Cc1cn2cccc(C(=O)NCCN3CCCC[C@@H]3CO)c2n1. The predicted octanol–water partition coefficient (Wildman–Crippen LogP) is 1.22. The molecule has 2 aromatic heterocycles. The van der Waals surface area contributed by atoms with Crippen molar-refractivity contribution >= 4 is 11.6 Å². The zero-order valence-corrected chi connectivity index (χ0v) is 13.5. The fraction of sp³-hybridized carbons (Fsp3) is 0.529. The maximum atomic E-state index is 12.4. The van der Waals surface area contributed by atoms with Crippen LogP contribution in [0, 0.1) is 6.92 Å². The summed E-state index contributed by atoms with van der Waals surface area (Å²) < 4.78 is 1.87. The van der Waals surface area contributed by atoms with Crippen LogP contribution in [0.25, 0.3) is 5.65 Å². The van der Waals surface area contributed by atoms with Gasteiger partial charge in [-0.1, -0.05) is 6.42 Å². The van der Waals surface area contributed by atoms with Gasteiger partial charge in [0.25, 0.3) is 5.91 Å². The highest BCUT2D eigenvalue weighted by atomic mass is 16.3. The first kappa shape index (κ1) is 16.0. The number of carbonyl (C=O) groups is 1. The van der Waals surface area contributed by atoms with Gasteiger partial charge in [-0.25, -0.2) is 4.98 Å². The number of rotatable bonds is 5. The minimum Gasteiger partial charge on any atom is -0.395 e. The van der Waals surface area contributed by atoms with Crippen LogP contribution >= 0.6 is 0 Å². The Balaban J connectivity index is 1.60. The smallest absolute Gasteiger partial charge is 0.255 e. The third-order valence-corrected chi connectivity index (χ3v) is 4.49. The lowest BCUT2D eigenvalue weighted by molar-refractivity contribution is 0.0849. The third-order valence-electron chi connectivity index (χ3n) is 4.49. The lowest BCUT2D eigenvalue weighted by Crippen LogP contribution is -2.45. The van der Waals surface area contributed by atoms with Gasteiger partial charge in [0.1, 0.15) is 5.65 Å². The first-order valence-corrected chi connectivity index (χ1v) is 8.26. The number of carbonyl (C=O) groups excluding carboxylic acids is 1. The van der Waals surface area contributed by atoms with Crippen LogP contribution in [0.2, 0.25) is 0 Å². The normalized spacial score (nSPS) is 19.1. The van der Waals surface area contributed by atoms with Crippen molar-refractivity contribution in [3.63, 3.8) is 0 Å². The number of aryl methyl sites for hydroxylation is 1. The summed E-state index contributed by atoms with van der Waals surface area (Å²) >= 11 is 0. The number of piperidine rings is 1. The number of hydrogen-bond donors (Lipinski definition) is 2. The first-order chi connectivity index (χ1) is 11.2. The Kier molecular flexibility index (Phi) is 4.93. The summed E-state index contributed by atoms with van der Waals surface area (Å²) in [5, 5.41) is 12.4. The monoisotopic (exact) mass is 316 g/mol. The summed E-state index contributed by atoms with van der Waals surface area (Å²) in [5.41, 5.74) is 2.18. The minimum absolute atomic E-state index is 0.0984. The van der Waals surface area contributed by atoms with Crippen LogP contribution in [0.3, 0.4) is 0 Å². The average molecular weight is 316 g/mol. The molecule has 6 nitrogen and oxygen atoms in total. The second-order valence-electron chi connectivity index (χ2n) is 6.16. The number of aliphatic hydroxyl groups excluding tert-OH is 1. The van der Waals surface area contributed by atoms with E-state index in [1.54, 1.807) is 6.07 Å². The number of nitrogens with zero attached hydrogens (tertiary/aromatic N) is 3. The lowest BCUT2D eigenvalue weighted by atomic mass is 10.0. The van der Waals surface area contributed by atoms with E-state index < -0.39 is 0 Å². The standard InChI is InChI=1S/C17H24N4O2/c1-13-11-21-9-4-6-15(16(21)19-13)17(23)18-7-10-20-8-3-2-5-14(20)12-22/h4,6,9,11,14,22H,2-3,5,7-8,10,12H2,1H3,(H,18,23)/t14-/m1/s1. The Bertz CT molecular complexity index is 682. The van der Waals surface area contributed by atoms with Crippen LogP contribution in [0.4, 0.5) is 0 Å². The summed E-state index contributed by atoms with van der Waals surface area (Å²) in [6.45, 7) is 4.46. The molecule has 1 aliphatic rings. The number of fused-ring (bicyclic) bond motifs is 1. The van der Waals surface area contributed by atoms with E-state index in [4.69, 9.17) is 0 Å². The molecule has 1 aliphatic heterocycles. The van der Waals surface area contributed by atoms with Crippen molar-refractivity contribution in [1.82, 2.24) is 19.6 Å². The van der Waals surface area contributed by atoms with Gasteiger partial charge in [0.15, 0.2) is 0 Å². The van der Waals surface area contributed by atoms with E-state index in [0.717, 1.165) is 31.6 Å². The summed E-state index contributed by atoms with van der Waals surface area (Å²) in [5.74, 6) is -0.0984. The second kappa shape index (κ2) is 7.10. The molecule has 2 aromatic rings. The fourth-order valence-electron chi connectivity index (χ4n) is 3.28. The molecule has 6 heteroatoms.